The summed E-state index contributed by atoms with van der Waals surface area (Å²) in [6.45, 7) is 13.8. The van der Waals surface area contributed by atoms with E-state index in [4.69, 9.17) is 0 Å². The first-order chi connectivity index (χ1) is 13.1. The Balaban J connectivity index is 1.46. The Bertz CT molecular complexity index is 720. The fraction of sp³-hybridized carbons (Fsp3) is 0.667. The number of carbonyl (C=O) groups is 2. The first-order valence-corrected chi connectivity index (χ1v) is 10.8. The minimum atomic E-state index is -0.337. The van der Waals surface area contributed by atoms with Crippen LogP contribution >= 0.6 is 0 Å². The van der Waals surface area contributed by atoms with Gasteiger partial charge in [0.2, 0.25) is 0 Å². The monoisotopic (exact) mass is 384 g/mol. The molecule has 3 rings (SSSR count). The van der Waals surface area contributed by atoms with Crippen molar-refractivity contribution in [2.75, 3.05) is 26.2 Å². The number of nitrogens with zero attached hydrogens (tertiary/aromatic N) is 2. The van der Waals surface area contributed by atoms with Crippen molar-refractivity contribution in [3.63, 3.8) is 0 Å². The van der Waals surface area contributed by atoms with E-state index in [1.54, 1.807) is 0 Å². The lowest BCUT2D eigenvalue weighted by molar-refractivity contribution is -0.123. The SMILES string of the molecule is CC(C)C(=O)CN1C[C@@H]2C[C@H]1CN2CCCc1cccc(C(=O)C(C)(C)C)c1. The molecule has 2 fully saturated rings. The number of likely N-dealkylation sites (tertiary alicyclic amines) is 2. The van der Waals surface area contributed by atoms with Crippen molar-refractivity contribution in [3.8, 4) is 0 Å². The van der Waals surface area contributed by atoms with Gasteiger partial charge in [0.05, 0.1) is 6.54 Å². The maximum Gasteiger partial charge on any atom is 0.168 e. The molecule has 4 nitrogen and oxygen atoms in total. The van der Waals surface area contributed by atoms with Crippen LogP contribution in [0.15, 0.2) is 24.3 Å². The molecule has 4 heteroatoms. The molecule has 0 aromatic heterocycles. The second-order valence-electron chi connectivity index (χ2n) is 9.97. The number of Topliss-reactive ketones (excluding diaryl/α,β-unsaturated/α-hetero) is 2. The lowest BCUT2D eigenvalue weighted by Crippen LogP contribution is -2.48. The molecule has 0 N–H and O–H groups in total. The summed E-state index contributed by atoms with van der Waals surface area (Å²) < 4.78 is 0. The van der Waals surface area contributed by atoms with Gasteiger partial charge in [0, 0.05) is 42.1 Å². The van der Waals surface area contributed by atoms with Crippen molar-refractivity contribution in [1.82, 2.24) is 9.80 Å². The summed E-state index contributed by atoms with van der Waals surface area (Å²) in [5, 5.41) is 0. The highest BCUT2D eigenvalue weighted by atomic mass is 16.1. The van der Waals surface area contributed by atoms with Crippen LogP contribution in [-0.4, -0.2) is 59.6 Å². The standard InChI is InChI=1S/C24H36N2O2/c1-17(2)22(27)16-26-15-20-13-21(26)14-25(20)11-7-9-18-8-6-10-19(12-18)23(28)24(3,4)5/h6,8,10,12,17,20-21H,7,9,11,13-16H2,1-5H3/t20-,21-/m0/s1. The Labute approximate surface area is 170 Å². The van der Waals surface area contributed by atoms with Crippen LogP contribution in [0.3, 0.4) is 0 Å². The number of hydrogen-bond acceptors (Lipinski definition) is 4. The number of benzene rings is 1. The molecule has 2 aliphatic heterocycles. The van der Waals surface area contributed by atoms with Gasteiger partial charge in [0.1, 0.15) is 5.78 Å². The number of hydrogen-bond donors (Lipinski definition) is 0. The van der Waals surface area contributed by atoms with Crippen LogP contribution in [-0.2, 0) is 11.2 Å². The molecular formula is C24H36N2O2. The van der Waals surface area contributed by atoms with Crippen LogP contribution in [0.5, 0.6) is 0 Å². The van der Waals surface area contributed by atoms with Gasteiger partial charge >= 0.3 is 0 Å². The third-order valence-corrected chi connectivity index (χ3v) is 6.25. The van der Waals surface area contributed by atoms with E-state index in [1.807, 2.05) is 46.8 Å². The molecule has 2 bridgehead atoms. The molecule has 1 aromatic rings. The van der Waals surface area contributed by atoms with Gasteiger partial charge in [-0.15, -0.1) is 0 Å². The fourth-order valence-electron chi connectivity index (χ4n) is 4.47. The average molecular weight is 385 g/mol. The van der Waals surface area contributed by atoms with Gasteiger partial charge in [-0.2, -0.15) is 0 Å². The van der Waals surface area contributed by atoms with Crippen LogP contribution in [0.4, 0.5) is 0 Å². The van der Waals surface area contributed by atoms with Crippen molar-refractivity contribution >= 4 is 11.6 Å². The van der Waals surface area contributed by atoms with Crippen LogP contribution in [0.1, 0.15) is 63.4 Å². The van der Waals surface area contributed by atoms with E-state index < -0.39 is 0 Å². The lowest BCUT2D eigenvalue weighted by atomic mass is 9.86. The van der Waals surface area contributed by atoms with E-state index in [0.717, 1.165) is 38.0 Å². The topological polar surface area (TPSA) is 40.6 Å². The normalized spacial score (nSPS) is 22.9. The summed E-state index contributed by atoms with van der Waals surface area (Å²) in [6.07, 6.45) is 3.33. The maximum absolute atomic E-state index is 12.5. The number of rotatable bonds is 8. The van der Waals surface area contributed by atoms with E-state index in [1.165, 1.54) is 12.0 Å². The lowest BCUT2D eigenvalue weighted by Gasteiger charge is -2.34. The summed E-state index contributed by atoms with van der Waals surface area (Å²) in [5.41, 5.74) is 1.75. The number of aryl methyl sites for hydroxylation is 1. The van der Waals surface area contributed by atoms with Crippen LogP contribution in [0.25, 0.3) is 0 Å². The number of carbonyl (C=O) groups excluding carboxylic acids is 2. The first-order valence-electron chi connectivity index (χ1n) is 10.8. The van der Waals surface area contributed by atoms with E-state index in [2.05, 4.69) is 21.9 Å². The highest BCUT2D eigenvalue weighted by Crippen LogP contribution is 2.31. The predicted molar refractivity (Wildman–Crippen MR) is 114 cm³/mol. The Morgan fingerprint density at radius 3 is 2.39 bits per heavy atom. The van der Waals surface area contributed by atoms with Crippen molar-refractivity contribution in [2.45, 2.75) is 66.0 Å². The molecule has 2 aliphatic rings. The zero-order valence-corrected chi connectivity index (χ0v) is 18.2. The molecule has 0 saturated carbocycles. The zero-order valence-electron chi connectivity index (χ0n) is 18.2. The quantitative estimate of drug-likeness (QED) is 0.639. The second kappa shape index (κ2) is 8.46. The van der Waals surface area contributed by atoms with Crippen LogP contribution in [0, 0.1) is 11.3 Å². The molecule has 0 aliphatic carbocycles. The summed E-state index contributed by atoms with van der Waals surface area (Å²) in [4.78, 5) is 29.5. The van der Waals surface area contributed by atoms with Crippen molar-refractivity contribution in [3.05, 3.63) is 35.4 Å². The van der Waals surface area contributed by atoms with Gasteiger partial charge in [-0.1, -0.05) is 52.8 Å². The molecule has 2 saturated heterocycles. The number of ketones is 2. The minimum absolute atomic E-state index is 0.135. The first kappa shape index (κ1) is 21.2. The van der Waals surface area contributed by atoms with E-state index >= 15 is 0 Å². The summed E-state index contributed by atoms with van der Waals surface area (Å²) >= 11 is 0. The van der Waals surface area contributed by atoms with E-state index in [0.29, 0.717) is 24.4 Å². The Kier molecular flexibility index (Phi) is 6.41. The molecular weight excluding hydrogens is 348 g/mol. The largest absolute Gasteiger partial charge is 0.298 e. The van der Waals surface area contributed by atoms with Gasteiger partial charge in [0.15, 0.2) is 5.78 Å². The maximum atomic E-state index is 12.5. The zero-order chi connectivity index (χ0) is 20.5. The van der Waals surface area contributed by atoms with Gasteiger partial charge in [0.25, 0.3) is 0 Å². The summed E-state index contributed by atoms with van der Waals surface area (Å²) in [5.74, 6) is 0.710. The number of piperazine rings is 1. The van der Waals surface area contributed by atoms with Gasteiger partial charge < -0.3 is 0 Å². The van der Waals surface area contributed by atoms with Crippen LogP contribution < -0.4 is 0 Å². The van der Waals surface area contributed by atoms with Crippen molar-refractivity contribution in [2.24, 2.45) is 11.3 Å². The summed E-state index contributed by atoms with van der Waals surface area (Å²) in [6, 6.07) is 9.32. The highest BCUT2D eigenvalue weighted by Gasteiger charge is 2.43. The molecule has 2 atom stereocenters. The van der Waals surface area contributed by atoms with Crippen molar-refractivity contribution in [1.29, 1.82) is 0 Å². The Morgan fingerprint density at radius 2 is 1.79 bits per heavy atom. The number of fused-ring (bicyclic) bond motifs is 2. The van der Waals surface area contributed by atoms with Crippen LogP contribution in [0.2, 0.25) is 0 Å². The molecule has 0 radical (unpaired) electrons. The summed E-state index contributed by atoms with van der Waals surface area (Å²) in [7, 11) is 0. The molecule has 0 spiro atoms. The third kappa shape index (κ3) is 4.90. The van der Waals surface area contributed by atoms with E-state index in [9.17, 15) is 9.59 Å². The molecule has 28 heavy (non-hydrogen) atoms. The molecule has 0 unspecified atom stereocenters. The van der Waals surface area contributed by atoms with Gasteiger partial charge in [-0.3, -0.25) is 19.4 Å². The second-order valence-corrected chi connectivity index (χ2v) is 9.97. The average Bonchev–Trinajstić information content (AvgIpc) is 3.20. The van der Waals surface area contributed by atoms with E-state index in [-0.39, 0.29) is 17.1 Å². The molecule has 1 aromatic carbocycles. The predicted octanol–water partition coefficient (Wildman–Crippen LogP) is 3.83. The van der Waals surface area contributed by atoms with Gasteiger partial charge in [-0.05, 0) is 37.4 Å². The minimum Gasteiger partial charge on any atom is -0.298 e. The Hall–Kier alpha value is -1.52. The molecule has 0 amide bonds. The third-order valence-electron chi connectivity index (χ3n) is 6.25. The Morgan fingerprint density at radius 1 is 1.11 bits per heavy atom. The molecule has 2 heterocycles. The smallest absolute Gasteiger partial charge is 0.168 e. The molecule has 154 valence electrons. The highest BCUT2D eigenvalue weighted by molar-refractivity contribution is 5.99. The van der Waals surface area contributed by atoms with Crippen molar-refractivity contribution < 1.29 is 9.59 Å². The fourth-order valence-corrected chi connectivity index (χ4v) is 4.47. The van der Waals surface area contributed by atoms with Gasteiger partial charge in [-0.25, -0.2) is 0 Å².